The lowest BCUT2D eigenvalue weighted by Gasteiger charge is -2.27. The highest BCUT2D eigenvalue weighted by Gasteiger charge is 2.16. The Labute approximate surface area is 107 Å². The van der Waals surface area contributed by atoms with Gasteiger partial charge in [0.15, 0.2) is 0 Å². The monoisotopic (exact) mass is 249 g/mol. The van der Waals surface area contributed by atoms with Crippen LogP contribution in [-0.4, -0.2) is 37.2 Å². The molecule has 0 atom stereocenters. The Bertz CT molecular complexity index is 454. The number of nitrogens with zero attached hydrogens (tertiary/aromatic N) is 1. The number of rotatable bonds is 2. The van der Waals surface area contributed by atoms with E-state index in [-0.39, 0.29) is 5.91 Å². The molecule has 0 spiro atoms. The molecule has 1 aromatic rings. The molecule has 0 aromatic heterocycles. The van der Waals surface area contributed by atoms with Gasteiger partial charge in [0.1, 0.15) is 0 Å². The first-order valence-corrected chi connectivity index (χ1v) is 6.08. The summed E-state index contributed by atoms with van der Waals surface area (Å²) in [6.45, 7) is 6.58. The molecule has 3 N–H and O–H groups in total. The number of carbonyl (C=O) groups excluding carboxylic acids is 1. The summed E-state index contributed by atoms with van der Waals surface area (Å²) in [4.78, 5) is 12.1. The molecule has 0 aliphatic carbocycles. The van der Waals surface area contributed by atoms with Crippen LogP contribution in [0.5, 0.6) is 0 Å². The van der Waals surface area contributed by atoms with E-state index in [0.29, 0.717) is 37.6 Å². The number of morpholine rings is 1. The normalized spacial score (nSPS) is 16.6. The third kappa shape index (κ3) is 2.80. The van der Waals surface area contributed by atoms with Crippen LogP contribution in [0.25, 0.3) is 0 Å². The van der Waals surface area contributed by atoms with E-state index in [2.05, 4.69) is 5.43 Å². The molecule has 1 aliphatic rings. The Morgan fingerprint density at radius 1 is 1.28 bits per heavy atom. The molecule has 0 bridgehead atoms. The summed E-state index contributed by atoms with van der Waals surface area (Å²) in [5.74, 6) is -0.110. The van der Waals surface area contributed by atoms with E-state index >= 15 is 0 Å². The van der Waals surface area contributed by atoms with Crippen LogP contribution in [0.15, 0.2) is 12.1 Å². The van der Waals surface area contributed by atoms with Crippen LogP contribution in [0.2, 0.25) is 0 Å². The predicted molar refractivity (Wildman–Crippen MR) is 70.2 cm³/mol. The van der Waals surface area contributed by atoms with Crippen molar-refractivity contribution in [3.05, 3.63) is 28.8 Å². The summed E-state index contributed by atoms with van der Waals surface area (Å²) in [6, 6.07) is 3.67. The Hall–Kier alpha value is -1.59. The summed E-state index contributed by atoms with van der Waals surface area (Å²) < 4.78 is 5.23. The van der Waals surface area contributed by atoms with Crippen molar-refractivity contribution in [3.8, 4) is 0 Å². The molecule has 1 amide bonds. The fourth-order valence-electron chi connectivity index (χ4n) is 1.99. The topological polar surface area (TPSA) is 67.6 Å². The molecule has 18 heavy (non-hydrogen) atoms. The van der Waals surface area contributed by atoms with Crippen molar-refractivity contribution < 1.29 is 9.53 Å². The van der Waals surface area contributed by atoms with Gasteiger partial charge in [-0.25, -0.2) is 5.01 Å². The summed E-state index contributed by atoms with van der Waals surface area (Å²) in [6.07, 6.45) is 0. The number of hydrogen-bond acceptors (Lipinski definition) is 4. The van der Waals surface area contributed by atoms with Gasteiger partial charge >= 0.3 is 0 Å². The van der Waals surface area contributed by atoms with E-state index in [1.54, 1.807) is 6.07 Å². The van der Waals surface area contributed by atoms with Gasteiger partial charge < -0.3 is 10.5 Å². The summed E-state index contributed by atoms with van der Waals surface area (Å²) in [5.41, 5.74) is 11.9. The lowest BCUT2D eigenvalue weighted by molar-refractivity contribution is 0.0126. The second kappa shape index (κ2) is 5.37. The lowest BCUT2D eigenvalue weighted by atomic mass is 10.0. The first-order chi connectivity index (χ1) is 8.58. The van der Waals surface area contributed by atoms with Crippen LogP contribution in [-0.2, 0) is 4.74 Å². The average molecular weight is 249 g/mol. The van der Waals surface area contributed by atoms with E-state index in [1.807, 2.05) is 24.9 Å². The van der Waals surface area contributed by atoms with Gasteiger partial charge in [-0.1, -0.05) is 6.07 Å². The molecule has 0 radical (unpaired) electrons. The fourth-order valence-corrected chi connectivity index (χ4v) is 1.99. The Balaban J connectivity index is 2.10. The van der Waals surface area contributed by atoms with E-state index in [0.717, 1.165) is 11.1 Å². The smallest absolute Gasteiger partial charge is 0.265 e. The van der Waals surface area contributed by atoms with Crippen LogP contribution in [0.4, 0.5) is 5.69 Å². The second-order valence-corrected chi connectivity index (χ2v) is 4.56. The Kier molecular flexibility index (Phi) is 3.84. The number of nitrogens with two attached hydrogens (primary N) is 1. The van der Waals surface area contributed by atoms with Gasteiger partial charge in [-0.2, -0.15) is 0 Å². The van der Waals surface area contributed by atoms with Gasteiger partial charge in [-0.3, -0.25) is 10.2 Å². The van der Waals surface area contributed by atoms with Crippen molar-refractivity contribution in [1.29, 1.82) is 0 Å². The zero-order valence-electron chi connectivity index (χ0n) is 10.8. The number of hydrazine groups is 1. The van der Waals surface area contributed by atoms with E-state index in [9.17, 15) is 4.79 Å². The second-order valence-electron chi connectivity index (χ2n) is 4.56. The van der Waals surface area contributed by atoms with Crippen molar-refractivity contribution in [1.82, 2.24) is 10.4 Å². The molecule has 98 valence electrons. The minimum atomic E-state index is -0.110. The van der Waals surface area contributed by atoms with Gasteiger partial charge in [0.25, 0.3) is 5.91 Å². The van der Waals surface area contributed by atoms with E-state index in [1.165, 1.54) is 0 Å². The van der Waals surface area contributed by atoms with Crippen molar-refractivity contribution >= 4 is 11.6 Å². The highest BCUT2D eigenvalue weighted by Crippen LogP contribution is 2.17. The van der Waals surface area contributed by atoms with Gasteiger partial charge in [-0.15, -0.1) is 0 Å². The van der Waals surface area contributed by atoms with Crippen LogP contribution < -0.4 is 11.2 Å². The first kappa shape index (κ1) is 12.9. The van der Waals surface area contributed by atoms with E-state index in [4.69, 9.17) is 10.5 Å². The molecule has 1 aliphatic heterocycles. The third-order valence-electron chi connectivity index (χ3n) is 3.13. The number of anilines is 1. The standard InChI is InChI=1S/C13H19N3O2/c1-9-7-10(2)12(14)8-11(9)13(17)15-16-3-5-18-6-4-16/h7-8H,3-6,14H2,1-2H3,(H,15,17). The fraction of sp³-hybridized carbons (Fsp3) is 0.462. The van der Waals surface area contributed by atoms with Crippen LogP contribution in [0.1, 0.15) is 21.5 Å². The summed E-state index contributed by atoms with van der Waals surface area (Å²) >= 11 is 0. The number of aryl methyl sites for hydroxylation is 2. The quantitative estimate of drug-likeness (QED) is 0.763. The first-order valence-electron chi connectivity index (χ1n) is 6.08. The highest BCUT2D eigenvalue weighted by molar-refractivity contribution is 5.96. The van der Waals surface area contributed by atoms with Gasteiger partial charge in [-0.05, 0) is 31.0 Å². The maximum absolute atomic E-state index is 12.1. The number of hydrogen-bond donors (Lipinski definition) is 2. The third-order valence-corrected chi connectivity index (χ3v) is 3.13. The van der Waals surface area contributed by atoms with Crippen LogP contribution >= 0.6 is 0 Å². The maximum Gasteiger partial charge on any atom is 0.265 e. The SMILES string of the molecule is Cc1cc(C)c(C(=O)NN2CCOCC2)cc1N. The zero-order chi connectivity index (χ0) is 13.1. The summed E-state index contributed by atoms with van der Waals surface area (Å²) in [5, 5.41) is 1.88. The molecular weight excluding hydrogens is 230 g/mol. The van der Waals surface area contributed by atoms with Crippen LogP contribution in [0.3, 0.4) is 0 Å². The minimum Gasteiger partial charge on any atom is -0.398 e. The van der Waals surface area contributed by atoms with Gasteiger partial charge in [0.05, 0.1) is 13.2 Å². The number of nitrogen functional groups attached to an aromatic ring is 1. The number of ether oxygens (including phenoxy) is 1. The summed E-state index contributed by atoms with van der Waals surface area (Å²) in [7, 11) is 0. The van der Waals surface area contributed by atoms with Gasteiger partial charge in [0.2, 0.25) is 0 Å². The molecule has 2 rings (SSSR count). The number of carbonyl (C=O) groups is 1. The van der Waals surface area contributed by atoms with Crippen LogP contribution in [0, 0.1) is 13.8 Å². The Morgan fingerprint density at radius 2 is 1.94 bits per heavy atom. The number of benzene rings is 1. The molecular formula is C13H19N3O2. The number of amides is 1. The van der Waals surface area contributed by atoms with E-state index < -0.39 is 0 Å². The van der Waals surface area contributed by atoms with Gasteiger partial charge in [0, 0.05) is 24.3 Å². The molecule has 5 nitrogen and oxygen atoms in total. The minimum absolute atomic E-state index is 0.110. The molecule has 1 heterocycles. The molecule has 1 fully saturated rings. The molecule has 5 heteroatoms. The highest BCUT2D eigenvalue weighted by atomic mass is 16.5. The molecule has 0 saturated carbocycles. The van der Waals surface area contributed by atoms with Crippen molar-refractivity contribution in [3.63, 3.8) is 0 Å². The number of nitrogens with one attached hydrogen (secondary N) is 1. The Morgan fingerprint density at radius 3 is 2.61 bits per heavy atom. The molecule has 1 aromatic carbocycles. The maximum atomic E-state index is 12.1. The largest absolute Gasteiger partial charge is 0.398 e. The van der Waals surface area contributed by atoms with Crippen molar-refractivity contribution in [2.24, 2.45) is 0 Å². The predicted octanol–water partition coefficient (Wildman–Crippen LogP) is 0.863. The average Bonchev–Trinajstić information content (AvgIpc) is 2.35. The molecule has 0 unspecified atom stereocenters. The molecule has 1 saturated heterocycles. The van der Waals surface area contributed by atoms with Crippen molar-refractivity contribution in [2.45, 2.75) is 13.8 Å². The zero-order valence-corrected chi connectivity index (χ0v) is 10.8. The van der Waals surface area contributed by atoms with Crippen molar-refractivity contribution in [2.75, 3.05) is 32.0 Å². The lowest BCUT2D eigenvalue weighted by Crippen LogP contribution is -2.48.